The van der Waals surface area contributed by atoms with Crippen molar-refractivity contribution in [2.24, 2.45) is 5.92 Å². The molecule has 1 aliphatic carbocycles. The SMILES string of the molecule is CC(C)CCOCCn1cc(CNC2CC2)nn1. The summed E-state index contributed by atoms with van der Waals surface area (Å²) in [4.78, 5) is 0. The molecule has 102 valence electrons. The molecule has 0 radical (unpaired) electrons. The maximum atomic E-state index is 5.56. The molecule has 1 saturated carbocycles. The predicted molar refractivity (Wildman–Crippen MR) is 70.2 cm³/mol. The number of nitrogens with one attached hydrogen (secondary N) is 1. The van der Waals surface area contributed by atoms with E-state index in [-0.39, 0.29) is 0 Å². The number of rotatable bonds is 9. The van der Waals surface area contributed by atoms with Crippen LogP contribution in [0.3, 0.4) is 0 Å². The molecule has 0 spiro atoms. The summed E-state index contributed by atoms with van der Waals surface area (Å²) in [6.45, 7) is 7.58. The second-order valence-corrected chi connectivity index (χ2v) is 5.42. The Labute approximate surface area is 109 Å². The summed E-state index contributed by atoms with van der Waals surface area (Å²) >= 11 is 0. The summed E-state index contributed by atoms with van der Waals surface area (Å²) < 4.78 is 7.42. The monoisotopic (exact) mass is 252 g/mol. The van der Waals surface area contributed by atoms with Gasteiger partial charge in [0.05, 0.1) is 18.8 Å². The predicted octanol–water partition coefficient (Wildman–Crippen LogP) is 1.59. The quantitative estimate of drug-likeness (QED) is 0.678. The van der Waals surface area contributed by atoms with Crippen LogP contribution >= 0.6 is 0 Å². The lowest BCUT2D eigenvalue weighted by molar-refractivity contribution is 0.113. The van der Waals surface area contributed by atoms with Crippen molar-refractivity contribution in [1.29, 1.82) is 0 Å². The summed E-state index contributed by atoms with van der Waals surface area (Å²) in [7, 11) is 0. The van der Waals surface area contributed by atoms with E-state index in [1.165, 1.54) is 12.8 Å². The highest BCUT2D eigenvalue weighted by atomic mass is 16.5. The van der Waals surface area contributed by atoms with Crippen LogP contribution in [0.5, 0.6) is 0 Å². The molecule has 0 aromatic carbocycles. The van der Waals surface area contributed by atoms with Crippen LogP contribution in [0, 0.1) is 5.92 Å². The number of hydrogen-bond acceptors (Lipinski definition) is 4. The van der Waals surface area contributed by atoms with Gasteiger partial charge in [-0.2, -0.15) is 0 Å². The lowest BCUT2D eigenvalue weighted by Gasteiger charge is -2.05. The van der Waals surface area contributed by atoms with Crippen LogP contribution in [0.25, 0.3) is 0 Å². The molecular weight excluding hydrogens is 228 g/mol. The zero-order valence-electron chi connectivity index (χ0n) is 11.4. The topological polar surface area (TPSA) is 52.0 Å². The maximum absolute atomic E-state index is 5.56. The van der Waals surface area contributed by atoms with E-state index >= 15 is 0 Å². The molecule has 0 atom stereocenters. The Morgan fingerprint density at radius 3 is 3.00 bits per heavy atom. The minimum atomic E-state index is 0.705. The molecule has 1 aromatic heterocycles. The molecule has 5 heteroatoms. The van der Waals surface area contributed by atoms with Crippen molar-refractivity contribution in [3.05, 3.63) is 11.9 Å². The van der Waals surface area contributed by atoms with Gasteiger partial charge in [0.25, 0.3) is 0 Å². The van der Waals surface area contributed by atoms with E-state index in [1.807, 2.05) is 10.9 Å². The van der Waals surface area contributed by atoms with E-state index in [0.717, 1.165) is 37.9 Å². The lowest BCUT2D eigenvalue weighted by Crippen LogP contribution is -2.15. The summed E-state index contributed by atoms with van der Waals surface area (Å²) in [6.07, 6.45) is 5.73. The minimum Gasteiger partial charge on any atom is -0.380 e. The van der Waals surface area contributed by atoms with Crippen LogP contribution in [0.4, 0.5) is 0 Å². The molecule has 0 aliphatic heterocycles. The van der Waals surface area contributed by atoms with Gasteiger partial charge in [0.1, 0.15) is 0 Å². The first kappa shape index (κ1) is 13.5. The highest BCUT2D eigenvalue weighted by Crippen LogP contribution is 2.18. The molecule has 1 heterocycles. The molecule has 1 fully saturated rings. The highest BCUT2D eigenvalue weighted by Gasteiger charge is 2.20. The fourth-order valence-electron chi connectivity index (χ4n) is 1.64. The summed E-state index contributed by atoms with van der Waals surface area (Å²) in [6, 6.07) is 0.717. The molecule has 0 unspecified atom stereocenters. The Balaban J connectivity index is 1.57. The third-order valence-electron chi connectivity index (χ3n) is 3.04. The Hall–Kier alpha value is -0.940. The molecule has 18 heavy (non-hydrogen) atoms. The van der Waals surface area contributed by atoms with Gasteiger partial charge in [0, 0.05) is 25.4 Å². The van der Waals surface area contributed by atoms with E-state index in [4.69, 9.17) is 4.74 Å². The van der Waals surface area contributed by atoms with Crippen molar-refractivity contribution in [1.82, 2.24) is 20.3 Å². The first-order chi connectivity index (χ1) is 8.74. The van der Waals surface area contributed by atoms with E-state index in [9.17, 15) is 0 Å². The first-order valence-corrected chi connectivity index (χ1v) is 6.94. The number of nitrogens with zero attached hydrogens (tertiary/aromatic N) is 3. The van der Waals surface area contributed by atoms with Gasteiger partial charge in [-0.3, -0.25) is 0 Å². The second-order valence-electron chi connectivity index (χ2n) is 5.42. The third-order valence-corrected chi connectivity index (χ3v) is 3.04. The number of aromatic nitrogens is 3. The van der Waals surface area contributed by atoms with Crippen molar-refractivity contribution < 1.29 is 4.74 Å². The lowest BCUT2D eigenvalue weighted by atomic mass is 10.1. The molecule has 5 nitrogen and oxygen atoms in total. The third kappa shape index (κ3) is 5.14. The van der Waals surface area contributed by atoms with Gasteiger partial charge in [-0.05, 0) is 25.2 Å². The van der Waals surface area contributed by atoms with E-state index in [2.05, 4.69) is 29.5 Å². The zero-order chi connectivity index (χ0) is 12.8. The minimum absolute atomic E-state index is 0.705. The van der Waals surface area contributed by atoms with Crippen LogP contribution in [0.15, 0.2) is 6.20 Å². The molecule has 0 bridgehead atoms. The Morgan fingerprint density at radius 1 is 1.44 bits per heavy atom. The Kier molecular flexibility index (Phi) is 5.13. The van der Waals surface area contributed by atoms with Gasteiger partial charge in [-0.15, -0.1) is 5.10 Å². The van der Waals surface area contributed by atoms with Crippen molar-refractivity contribution in [3.8, 4) is 0 Å². The smallest absolute Gasteiger partial charge is 0.0964 e. The number of ether oxygens (including phenoxy) is 1. The average Bonchev–Trinajstić information content (AvgIpc) is 3.06. The molecule has 2 rings (SSSR count). The van der Waals surface area contributed by atoms with E-state index in [1.54, 1.807) is 0 Å². The molecule has 0 amide bonds. The van der Waals surface area contributed by atoms with Crippen LogP contribution in [0.2, 0.25) is 0 Å². The van der Waals surface area contributed by atoms with Gasteiger partial charge in [-0.1, -0.05) is 19.1 Å². The summed E-state index contributed by atoms with van der Waals surface area (Å²) in [5, 5.41) is 11.7. The molecule has 0 saturated heterocycles. The highest BCUT2D eigenvalue weighted by molar-refractivity contribution is 4.94. The van der Waals surface area contributed by atoms with Crippen LogP contribution < -0.4 is 5.32 Å². The van der Waals surface area contributed by atoms with E-state index in [0.29, 0.717) is 12.5 Å². The van der Waals surface area contributed by atoms with Gasteiger partial charge in [0.2, 0.25) is 0 Å². The normalized spacial score (nSPS) is 15.5. The maximum Gasteiger partial charge on any atom is 0.0964 e. The fourth-order valence-corrected chi connectivity index (χ4v) is 1.64. The van der Waals surface area contributed by atoms with Crippen LogP contribution in [-0.2, 0) is 17.8 Å². The zero-order valence-corrected chi connectivity index (χ0v) is 11.4. The molecule has 1 aliphatic rings. The van der Waals surface area contributed by atoms with E-state index < -0.39 is 0 Å². The largest absolute Gasteiger partial charge is 0.380 e. The van der Waals surface area contributed by atoms with Crippen LogP contribution in [-0.4, -0.2) is 34.2 Å². The molecular formula is C13H24N4O. The summed E-state index contributed by atoms with van der Waals surface area (Å²) in [5.74, 6) is 0.705. The fraction of sp³-hybridized carbons (Fsp3) is 0.846. The van der Waals surface area contributed by atoms with Gasteiger partial charge < -0.3 is 10.1 Å². The van der Waals surface area contributed by atoms with Crippen molar-refractivity contribution in [2.45, 2.75) is 52.2 Å². The van der Waals surface area contributed by atoms with Gasteiger partial charge in [-0.25, -0.2) is 4.68 Å². The van der Waals surface area contributed by atoms with Crippen LogP contribution in [0.1, 0.15) is 38.8 Å². The Morgan fingerprint density at radius 2 is 2.28 bits per heavy atom. The van der Waals surface area contributed by atoms with Gasteiger partial charge >= 0.3 is 0 Å². The summed E-state index contributed by atoms with van der Waals surface area (Å²) in [5.41, 5.74) is 1.02. The Bertz CT molecular complexity index is 347. The number of hydrogen-bond donors (Lipinski definition) is 1. The van der Waals surface area contributed by atoms with Crippen molar-refractivity contribution >= 4 is 0 Å². The molecule has 1 aromatic rings. The average molecular weight is 252 g/mol. The second kappa shape index (κ2) is 6.85. The molecule has 1 N–H and O–H groups in total. The van der Waals surface area contributed by atoms with Crippen molar-refractivity contribution in [2.75, 3.05) is 13.2 Å². The first-order valence-electron chi connectivity index (χ1n) is 6.94. The standard InChI is InChI=1S/C13H24N4O/c1-11(2)5-7-18-8-6-17-10-13(15-16-17)9-14-12-3-4-12/h10-12,14H,3-9H2,1-2H3. The van der Waals surface area contributed by atoms with Gasteiger partial charge in [0.15, 0.2) is 0 Å². The van der Waals surface area contributed by atoms with Crippen molar-refractivity contribution in [3.63, 3.8) is 0 Å².